The Morgan fingerprint density at radius 3 is 2.75 bits per heavy atom. The predicted octanol–water partition coefficient (Wildman–Crippen LogP) is 4.58. The summed E-state index contributed by atoms with van der Waals surface area (Å²) in [5.41, 5.74) is 3.29. The lowest BCUT2D eigenvalue weighted by atomic mass is 9.95. The molecule has 5 heteroatoms. The zero-order chi connectivity index (χ0) is 19.3. The van der Waals surface area contributed by atoms with Gasteiger partial charge in [-0.25, -0.2) is 4.39 Å². The van der Waals surface area contributed by atoms with Gasteiger partial charge in [0.15, 0.2) is 0 Å². The van der Waals surface area contributed by atoms with E-state index in [9.17, 15) is 9.18 Å². The van der Waals surface area contributed by atoms with Crippen LogP contribution < -0.4 is 0 Å². The van der Waals surface area contributed by atoms with Gasteiger partial charge in [-0.05, 0) is 55.2 Å². The van der Waals surface area contributed by atoms with E-state index < -0.39 is 0 Å². The number of pyridine rings is 2. The van der Waals surface area contributed by atoms with E-state index >= 15 is 0 Å². The highest BCUT2D eigenvalue weighted by Gasteiger charge is 2.28. The summed E-state index contributed by atoms with van der Waals surface area (Å²) in [5.74, 6) is -0.181. The molecular formula is C23H22FN3O. The van der Waals surface area contributed by atoms with Gasteiger partial charge in [0.2, 0.25) is 5.91 Å². The van der Waals surface area contributed by atoms with Gasteiger partial charge in [-0.1, -0.05) is 24.3 Å². The number of hydrogen-bond donors (Lipinski definition) is 0. The smallest absolute Gasteiger partial charge is 0.229 e. The van der Waals surface area contributed by atoms with E-state index in [0.717, 1.165) is 48.3 Å². The number of carbonyl (C=O) groups excluding carboxylic acids is 1. The van der Waals surface area contributed by atoms with E-state index in [1.54, 1.807) is 12.3 Å². The van der Waals surface area contributed by atoms with E-state index in [0.29, 0.717) is 6.42 Å². The summed E-state index contributed by atoms with van der Waals surface area (Å²) in [6.45, 7) is 0.752. The van der Waals surface area contributed by atoms with Crippen LogP contribution in [0.15, 0.2) is 67.0 Å². The van der Waals surface area contributed by atoms with Crippen LogP contribution >= 0.6 is 0 Å². The van der Waals surface area contributed by atoms with Gasteiger partial charge in [-0.15, -0.1) is 0 Å². The van der Waals surface area contributed by atoms with Crippen LogP contribution in [0.1, 0.15) is 36.6 Å². The second-order valence-corrected chi connectivity index (χ2v) is 7.08. The first-order chi connectivity index (χ1) is 13.7. The molecule has 1 aliphatic heterocycles. The highest BCUT2D eigenvalue weighted by atomic mass is 19.1. The van der Waals surface area contributed by atoms with Gasteiger partial charge >= 0.3 is 0 Å². The van der Waals surface area contributed by atoms with Gasteiger partial charge in [-0.2, -0.15) is 0 Å². The lowest BCUT2D eigenvalue weighted by Crippen LogP contribution is -2.39. The number of halogens is 1. The molecule has 0 bridgehead atoms. The van der Waals surface area contributed by atoms with Gasteiger partial charge in [0, 0.05) is 30.2 Å². The Morgan fingerprint density at radius 1 is 1.07 bits per heavy atom. The summed E-state index contributed by atoms with van der Waals surface area (Å²) >= 11 is 0. The molecule has 28 heavy (non-hydrogen) atoms. The topological polar surface area (TPSA) is 46.1 Å². The van der Waals surface area contributed by atoms with E-state index in [1.165, 1.54) is 12.1 Å². The van der Waals surface area contributed by atoms with E-state index in [2.05, 4.69) is 9.97 Å². The third kappa shape index (κ3) is 4.09. The second kappa shape index (κ2) is 8.30. The monoisotopic (exact) mass is 375 g/mol. The molecule has 4 nitrogen and oxygen atoms in total. The molecule has 3 heterocycles. The molecule has 0 saturated carbocycles. The zero-order valence-electron chi connectivity index (χ0n) is 15.6. The maximum Gasteiger partial charge on any atom is 0.229 e. The van der Waals surface area contributed by atoms with E-state index in [1.807, 2.05) is 47.5 Å². The molecule has 1 atom stereocenters. The summed E-state index contributed by atoms with van der Waals surface area (Å²) in [6, 6.07) is 16.0. The fraction of sp³-hybridized carbons (Fsp3) is 0.261. The molecule has 142 valence electrons. The van der Waals surface area contributed by atoms with Crippen molar-refractivity contribution >= 4 is 5.91 Å². The van der Waals surface area contributed by atoms with Crippen LogP contribution in [0.25, 0.3) is 11.3 Å². The molecule has 4 rings (SSSR count). The number of piperidine rings is 1. The van der Waals surface area contributed by atoms with Gasteiger partial charge < -0.3 is 4.90 Å². The summed E-state index contributed by atoms with van der Waals surface area (Å²) in [5, 5.41) is 0. The Hall–Kier alpha value is -3.08. The normalized spacial score (nSPS) is 16.8. The van der Waals surface area contributed by atoms with Crippen LogP contribution in [0.2, 0.25) is 0 Å². The highest BCUT2D eigenvalue weighted by molar-refractivity contribution is 5.79. The molecule has 0 N–H and O–H groups in total. The van der Waals surface area contributed by atoms with Gasteiger partial charge in [0.25, 0.3) is 0 Å². The maximum atomic E-state index is 13.5. The predicted molar refractivity (Wildman–Crippen MR) is 106 cm³/mol. The Kier molecular flexibility index (Phi) is 5.42. The first-order valence-electron chi connectivity index (χ1n) is 9.62. The fourth-order valence-corrected chi connectivity index (χ4v) is 3.76. The van der Waals surface area contributed by atoms with Gasteiger partial charge in [0.1, 0.15) is 5.82 Å². The number of likely N-dealkylation sites (tertiary alicyclic amines) is 1. The Balaban J connectivity index is 1.53. The molecule has 1 amide bonds. The van der Waals surface area contributed by atoms with Crippen molar-refractivity contribution in [1.29, 1.82) is 0 Å². The highest BCUT2D eigenvalue weighted by Crippen LogP contribution is 2.32. The van der Waals surface area contributed by atoms with E-state index in [-0.39, 0.29) is 17.8 Å². The quantitative estimate of drug-likeness (QED) is 0.671. The third-order valence-electron chi connectivity index (χ3n) is 5.17. The average Bonchev–Trinajstić information content (AvgIpc) is 2.74. The third-order valence-corrected chi connectivity index (χ3v) is 5.17. The Morgan fingerprint density at radius 2 is 2.00 bits per heavy atom. The van der Waals surface area contributed by atoms with Crippen molar-refractivity contribution in [3.05, 3.63) is 84.1 Å². The Bertz CT molecular complexity index is 944. The summed E-state index contributed by atoms with van der Waals surface area (Å²) < 4.78 is 13.5. The zero-order valence-corrected chi connectivity index (χ0v) is 15.6. The number of nitrogens with zero attached hydrogens (tertiary/aromatic N) is 3. The minimum absolute atomic E-state index is 0.0269. The van der Waals surface area contributed by atoms with Crippen LogP contribution in [0.5, 0.6) is 0 Å². The standard InChI is InChI=1S/C23H22FN3O/c24-19-7-5-6-17(14-19)21-11-10-18(16-26-21)22-9-2-4-13-27(22)23(28)15-20-8-1-3-12-25-20/h1,3,5-8,10-12,14,16,22H,2,4,9,13,15H2/t22-/m0/s1. The molecule has 2 aromatic heterocycles. The van der Waals surface area contributed by atoms with Crippen LogP contribution in [0.3, 0.4) is 0 Å². The lowest BCUT2D eigenvalue weighted by Gasteiger charge is -2.36. The number of rotatable bonds is 4. The second-order valence-electron chi connectivity index (χ2n) is 7.08. The molecule has 1 aliphatic rings. The summed E-state index contributed by atoms with van der Waals surface area (Å²) in [7, 11) is 0. The summed E-state index contributed by atoms with van der Waals surface area (Å²) in [4.78, 5) is 23.7. The number of aromatic nitrogens is 2. The molecule has 0 unspecified atom stereocenters. The number of hydrogen-bond acceptors (Lipinski definition) is 3. The molecule has 0 spiro atoms. The SMILES string of the molecule is O=C(Cc1ccccn1)N1CCCC[C@H]1c1ccc(-c2cccc(F)c2)nc1. The van der Waals surface area contributed by atoms with Crippen molar-refractivity contribution in [2.45, 2.75) is 31.7 Å². The first kappa shape index (κ1) is 18.3. The summed E-state index contributed by atoms with van der Waals surface area (Å²) in [6.07, 6.45) is 6.87. The molecule has 1 fully saturated rings. The molecule has 1 saturated heterocycles. The molecule has 3 aromatic rings. The maximum absolute atomic E-state index is 13.5. The van der Waals surface area contributed by atoms with Crippen LogP contribution in [-0.4, -0.2) is 27.3 Å². The van der Waals surface area contributed by atoms with Crippen LogP contribution in [0, 0.1) is 5.82 Å². The van der Waals surface area contributed by atoms with Gasteiger partial charge in [0.05, 0.1) is 18.2 Å². The molecular weight excluding hydrogens is 353 g/mol. The fourth-order valence-electron chi connectivity index (χ4n) is 3.76. The lowest BCUT2D eigenvalue weighted by molar-refractivity contribution is -0.134. The van der Waals surface area contributed by atoms with Gasteiger partial charge in [-0.3, -0.25) is 14.8 Å². The van der Waals surface area contributed by atoms with Crippen molar-refractivity contribution < 1.29 is 9.18 Å². The van der Waals surface area contributed by atoms with E-state index in [4.69, 9.17) is 0 Å². The van der Waals surface area contributed by atoms with Crippen molar-refractivity contribution in [1.82, 2.24) is 14.9 Å². The molecule has 0 aliphatic carbocycles. The van der Waals surface area contributed by atoms with Crippen molar-refractivity contribution in [3.63, 3.8) is 0 Å². The number of benzene rings is 1. The molecule has 0 radical (unpaired) electrons. The molecule has 1 aromatic carbocycles. The minimum Gasteiger partial charge on any atom is -0.335 e. The number of carbonyl (C=O) groups is 1. The largest absolute Gasteiger partial charge is 0.335 e. The van der Waals surface area contributed by atoms with Crippen molar-refractivity contribution in [3.8, 4) is 11.3 Å². The Labute approximate surface area is 164 Å². The van der Waals surface area contributed by atoms with Crippen LogP contribution in [0.4, 0.5) is 4.39 Å². The first-order valence-corrected chi connectivity index (χ1v) is 9.62. The number of amides is 1. The minimum atomic E-state index is -0.276. The van der Waals surface area contributed by atoms with Crippen LogP contribution in [-0.2, 0) is 11.2 Å². The van der Waals surface area contributed by atoms with Crippen molar-refractivity contribution in [2.24, 2.45) is 0 Å². The average molecular weight is 375 g/mol. The van der Waals surface area contributed by atoms with Crippen molar-refractivity contribution in [2.75, 3.05) is 6.54 Å².